The number of ether oxygens (including phenoxy) is 1. The molecule has 1 aromatic carbocycles. The molecular formula is C19H21NO4S2. The van der Waals surface area contributed by atoms with Gasteiger partial charge < -0.3 is 9.64 Å². The van der Waals surface area contributed by atoms with E-state index in [1.807, 2.05) is 41.8 Å². The number of hydrogen-bond donors (Lipinski definition) is 0. The second-order valence-electron chi connectivity index (χ2n) is 6.68. The summed E-state index contributed by atoms with van der Waals surface area (Å²) in [7, 11) is -3.26. The number of hydrogen-bond acceptors (Lipinski definition) is 5. The van der Waals surface area contributed by atoms with Crippen molar-refractivity contribution < 1.29 is 17.9 Å². The third-order valence-corrected chi connectivity index (χ3v) is 8.37. The Morgan fingerprint density at radius 1 is 1.15 bits per heavy atom. The Balaban J connectivity index is 1.55. The third kappa shape index (κ3) is 3.31. The fraction of sp³-hybridized carbons (Fsp3) is 0.421. The number of amides is 1. The first-order valence-electron chi connectivity index (χ1n) is 8.79. The molecule has 4 rings (SSSR count). The van der Waals surface area contributed by atoms with Gasteiger partial charge >= 0.3 is 0 Å². The van der Waals surface area contributed by atoms with Crippen LogP contribution in [0.3, 0.4) is 0 Å². The molecule has 0 spiro atoms. The van der Waals surface area contributed by atoms with Crippen molar-refractivity contribution in [3.8, 4) is 0 Å². The van der Waals surface area contributed by atoms with E-state index in [9.17, 15) is 13.2 Å². The maximum absolute atomic E-state index is 13.1. The van der Waals surface area contributed by atoms with Crippen LogP contribution in [0.4, 0.5) is 0 Å². The Morgan fingerprint density at radius 2 is 2.00 bits per heavy atom. The van der Waals surface area contributed by atoms with Crippen LogP contribution >= 0.6 is 11.3 Å². The van der Waals surface area contributed by atoms with Gasteiger partial charge in [-0.15, -0.1) is 11.3 Å². The molecule has 5 nitrogen and oxygen atoms in total. The number of carbonyl (C=O) groups is 1. The minimum atomic E-state index is -3.26. The molecule has 7 heteroatoms. The highest BCUT2D eigenvalue weighted by molar-refractivity contribution is 7.91. The van der Waals surface area contributed by atoms with Gasteiger partial charge in [0.25, 0.3) is 5.91 Å². The molecule has 1 fully saturated rings. The van der Waals surface area contributed by atoms with Gasteiger partial charge in [0.15, 0.2) is 15.9 Å². The maximum Gasteiger partial charge on any atom is 0.256 e. The first-order valence-corrected chi connectivity index (χ1v) is 11.4. The van der Waals surface area contributed by atoms with E-state index >= 15 is 0 Å². The third-order valence-electron chi connectivity index (χ3n) is 5.13. The molecule has 1 amide bonds. The van der Waals surface area contributed by atoms with E-state index in [0.29, 0.717) is 19.6 Å². The first-order chi connectivity index (χ1) is 12.6. The van der Waals surface area contributed by atoms with E-state index in [4.69, 9.17) is 4.74 Å². The molecule has 0 saturated carbocycles. The predicted octanol–water partition coefficient (Wildman–Crippen LogP) is 2.75. The van der Waals surface area contributed by atoms with Crippen LogP contribution in [0, 0.1) is 0 Å². The number of nitrogens with zero attached hydrogens (tertiary/aromatic N) is 1. The lowest BCUT2D eigenvalue weighted by atomic mass is 9.97. The Morgan fingerprint density at radius 3 is 2.81 bits per heavy atom. The van der Waals surface area contributed by atoms with Crippen molar-refractivity contribution in [3.05, 3.63) is 57.8 Å². The van der Waals surface area contributed by atoms with Crippen molar-refractivity contribution in [3.63, 3.8) is 0 Å². The van der Waals surface area contributed by atoms with Gasteiger partial charge in [-0.1, -0.05) is 30.3 Å². The molecule has 2 aliphatic rings. The molecule has 0 bridgehead atoms. The summed E-state index contributed by atoms with van der Waals surface area (Å²) in [6, 6.07) is 11.6. The van der Waals surface area contributed by atoms with Crippen molar-refractivity contribution in [1.82, 2.24) is 4.90 Å². The second kappa shape index (κ2) is 7.13. The monoisotopic (exact) mass is 391 g/mol. The molecule has 0 unspecified atom stereocenters. The number of benzene rings is 1. The number of sulfone groups is 1. The van der Waals surface area contributed by atoms with Crippen molar-refractivity contribution in [2.45, 2.75) is 24.2 Å². The minimum Gasteiger partial charge on any atom is -0.363 e. The van der Waals surface area contributed by atoms with Crippen LogP contribution in [0.25, 0.3) is 0 Å². The molecule has 2 aliphatic heterocycles. The van der Waals surface area contributed by atoms with Crippen molar-refractivity contribution >= 4 is 27.1 Å². The number of rotatable bonds is 2. The molecule has 0 N–H and O–H groups in total. The average molecular weight is 392 g/mol. The fourth-order valence-corrected chi connectivity index (χ4v) is 6.73. The molecule has 3 heterocycles. The summed E-state index contributed by atoms with van der Waals surface area (Å²) < 4.78 is 31.1. The molecular weight excluding hydrogens is 370 g/mol. The van der Waals surface area contributed by atoms with Crippen molar-refractivity contribution in [2.75, 3.05) is 25.4 Å². The molecule has 26 heavy (non-hydrogen) atoms. The van der Waals surface area contributed by atoms with Gasteiger partial charge in [-0.25, -0.2) is 8.42 Å². The SMILES string of the molecule is O=C([C@@H]1OCCc2ccccc21)N1CC[C@@H](c2cccs2)S(=O)(=O)CC1. The van der Waals surface area contributed by atoms with Gasteiger partial charge in [0.05, 0.1) is 17.6 Å². The average Bonchev–Trinajstić information content (AvgIpc) is 3.12. The summed E-state index contributed by atoms with van der Waals surface area (Å²) >= 11 is 1.46. The summed E-state index contributed by atoms with van der Waals surface area (Å²) in [5, 5.41) is 1.38. The number of thiophene rings is 1. The van der Waals surface area contributed by atoms with E-state index in [-0.39, 0.29) is 18.2 Å². The standard InChI is InChI=1S/C19H21NO4S2/c21-19(18-15-5-2-1-4-14(15)8-11-24-18)20-9-7-17(16-6-3-12-25-16)26(22,23)13-10-20/h1-6,12,17-18H,7-11,13H2/t17-,18+/m0/s1. The highest BCUT2D eigenvalue weighted by atomic mass is 32.2. The van der Waals surface area contributed by atoms with Crippen molar-refractivity contribution in [1.29, 1.82) is 0 Å². The predicted molar refractivity (Wildman–Crippen MR) is 101 cm³/mol. The number of fused-ring (bicyclic) bond motifs is 1. The minimum absolute atomic E-state index is 0.00429. The summed E-state index contributed by atoms with van der Waals surface area (Å²) in [6.45, 7) is 1.17. The quantitative estimate of drug-likeness (QED) is 0.790. The van der Waals surface area contributed by atoms with E-state index in [0.717, 1.165) is 22.4 Å². The van der Waals surface area contributed by atoms with E-state index in [2.05, 4.69) is 0 Å². The molecule has 0 radical (unpaired) electrons. The summed E-state index contributed by atoms with van der Waals surface area (Å²) in [5.74, 6) is -0.130. The topological polar surface area (TPSA) is 63.7 Å². The lowest BCUT2D eigenvalue weighted by molar-refractivity contribution is -0.144. The van der Waals surface area contributed by atoms with Crippen LogP contribution in [-0.2, 0) is 25.8 Å². The van der Waals surface area contributed by atoms with Crippen LogP contribution in [0.5, 0.6) is 0 Å². The van der Waals surface area contributed by atoms with Crippen LogP contribution in [0.1, 0.15) is 33.8 Å². The fourth-order valence-electron chi connectivity index (χ4n) is 3.72. The van der Waals surface area contributed by atoms with Gasteiger partial charge in [-0.2, -0.15) is 0 Å². The number of carbonyl (C=O) groups excluding carboxylic acids is 1. The van der Waals surface area contributed by atoms with Gasteiger partial charge in [-0.05, 0) is 35.4 Å². The van der Waals surface area contributed by atoms with E-state index in [1.54, 1.807) is 4.90 Å². The zero-order valence-corrected chi connectivity index (χ0v) is 16.0. The highest BCUT2D eigenvalue weighted by Crippen LogP contribution is 2.34. The molecule has 138 valence electrons. The van der Waals surface area contributed by atoms with Crippen LogP contribution in [-0.4, -0.2) is 44.7 Å². The molecule has 1 aromatic heterocycles. The lowest BCUT2D eigenvalue weighted by Gasteiger charge is -2.30. The Labute approximate surface area is 157 Å². The maximum atomic E-state index is 13.1. The normalized spacial score (nSPS) is 25.3. The molecule has 1 saturated heterocycles. The highest BCUT2D eigenvalue weighted by Gasteiger charge is 2.36. The van der Waals surface area contributed by atoms with Crippen LogP contribution in [0.15, 0.2) is 41.8 Å². The smallest absolute Gasteiger partial charge is 0.256 e. The summed E-state index contributed by atoms with van der Waals surface area (Å²) in [5.41, 5.74) is 2.04. The van der Waals surface area contributed by atoms with Gasteiger partial charge in [0.1, 0.15) is 0 Å². The van der Waals surface area contributed by atoms with Gasteiger partial charge in [0, 0.05) is 18.0 Å². The first kappa shape index (κ1) is 17.7. The van der Waals surface area contributed by atoms with E-state index < -0.39 is 21.2 Å². The lowest BCUT2D eigenvalue weighted by Crippen LogP contribution is -2.39. The summed E-state index contributed by atoms with van der Waals surface area (Å²) in [6.07, 6.45) is 0.610. The molecule has 2 aromatic rings. The Hall–Kier alpha value is -1.70. The molecule has 0 aliphatic carbocycles. The van der Waals surface area contributed by atoms with Gasteiger partial charge in [0.2, 0.25) is 0 Å². The zero-order chi connectivity index (χ0) is 18.1. The van der Waals surface area contributed by atoms with Gasteiger partial charge in [-0.3, -0.25) is 4.79 Å². The zero-order valence-electron chi connectivity index (χ0n) is 14.3. The Kier molecular flexibility index (Phi) is 4.86. The van der Waals surface area contributed by atoms with Crippen LogP contribution in [0.2, 0.25) is 0 Å². The largest absolute Gasteiger partial charge is 0.363 e. The van der Waals surface area contributed by atoms with E-state index in [1.165, 1.54) is 11.3 Å². The second-order valence-corrected chi connectivity index (χ2v) is 9.97. The van der Waals surface area contributed by atoms with Crippen LogP contribution < -0.4 is 0 Å². The Bertz CT molecular complexity index is 892. The molecule has 2 atom stereocenters. The summed E-state index contributed by atoms with van der Waals surface area (Å²) in [4.78, 5) is 15.6. The van der Waals surface area contributed by atoms with Crippen molar-refractivity contribution in [2.24, 2.45) is 0 Å².